The zero-order chi connectivity index (χ0) is 14.2. The van der Waals surface area contributed by atoms with E-state index in [4.69, 9.17) is 5.73 Å². The second-order valence-corrected chi connectivity index (χ2v) is 7.39. The van der Waals surface area contributed by atoms with Crippen LogP contribution in [0.15, 0.2) is 23.1 Å². The van der Waals surface area contributed by atoms with Crippen LogP contribution < -0.4 is 5.73 Å². The Bertz CT molecular complexity index is 564. The van der Waals surface area contributed by atoms with Crippen molar-refractivity contribution in [1.29, 1.82) is 0 Å². The zero-order valence-electron chi connectivity index (χ0n) is 11.1. The van der Waals surface area contributed by atoms with E-state index < -0.39 is 15.8 Å². The summed E-state index contributed by atoms with van der Waals surface area (Å²) >= 11 is 0. The monoisotopic (exact) mass is 286 g/mol. The molecule has 0 spiro atoms. The molecule has 0 radical (unpaired) electrons. The third-order valence-electron chi connectivity index (χ3n) is 3.44. The van der Waals surface area contributed by atoms with Gasteiger partial charge in [0.05, 0.1) is 10.6 Å². The Morgan fingerprint density at radius 2 is 1.84 bits per heavy atom. The van der Waals surface area contributed by atoms with E-state index in [1.807, 2.05) is 13.8 Å². The van der Waals surface area contributed by atoms with Gasteiger partial charge in [0.25, 0.3) is 0 Å². The first-order valence-corrected chi connectivity index (χ1v) is 7.80. The van der Waals surface area contributed by atoms with Crippen molar-refractivity contribution in [3.05, 3.63) is 24.0 Å². The van der Waals surface area contributed by atoms with Crippen LogP contribution in [0.4, 0.5) is 10.1 Å². The van der Waals surface area contributed by atoms with Crippen LogP contribution in [0.2, 0.25) is 0 Å². The smallest absolute Gasteiger partial charge is 0.243 e. The number of hydrogen-bond donors (Lipinski definition) is 1. The first kappa shape index (κ1) is 14.3. The summed E-state index contributed by atoms with van der Waals surface area (Å²) in [5.74, 6) is 0.0620. The SMILES string of the molecule is CC1CC(C)CN(S(=O)(=O)c2ccc(F)c(N)c2)C1. The molecule has 0 saturated carbocycles. The molecule has 1 heterocycles. The van der Waals surface area contributed by atoms with Crippen molar-refractivity contribution in [3.8, 4) is 0 Å². The number of halogens is 1. The van der Waals surface area contributed by atoms with Crippen LogP contribution in [0.25, 0.3) is 0 Å². The van der Waals surface area contributed by atoms with Crippen LogP contribution in [-0.4, -0.2) is 25.8 Å². The van der Waals surface area contributed by atoms with Gasteiger partial charge in [-0.15, -0.1) is 0 Å². The highest BCUT2D eigenvalue weighted by Crippen LogP contribution is 2.27. The zero-order valence-corrected chi connectivity index (χ0v) is 12.0. The van der Waals surface area contributed by atoms with Crippen molar-refractivity contribution in [2.75, 3.05) is 18.8 Å². The molecule has 1 saturated heterocycles. The van der Waals surface area contributed by atoms with Gasteiger partial charge in [0.1, 0.15) is 5.82 Å². The van der Waals surface area contributed by atoms with Crippen LogP contribution in [0, 0.1) is 17.7 Å². The van der Waals surface area contributed by atoms with Crippen molar-refractivity contribution in [2.45, 2.75) is 25.2 Å². The molecule has 2 atom stereocenters. The van der Waals surface area contributed by atoms with Crippen LogP contribution in [0.3, 0.4) is 0 Å². The molecule has 1 aromatic rings. The molecule has 0 amide bonds. The van der Waals surface area contributed by atoms with Crippen molar-refractivity contribution < 1.29 is 12.8 Å². The minimum absolute atomic E-state index is 0.0627. The number of rotatable bonds is 2. The fourth-order valence-electron chi connectivity index (χ4n) is 2.63. The molecule has 106 valence electrons. The highest BCUT2D eigenvalue weighted by atomic mass is 32.2. The molecule has 0 bridgehead atoms. The molecular weight excluding hydrogens is 267 g/mol. The summed E-state index contributed by atoms with van der Waals surface area (Å²) in [5.41, 5.74) is 5.30. The van der Waals surface area contributed by atoms with Gasteiger partial charge in [0, 0.05) is 13.1 Å². The quantitative estimate of drug-likeness (QED) is 0.847. The number of sulfonamides is 1. The summed E-state index contributed by atoms with van der Waals surface area (Å²) in [6.07, 6.45) is 1.03. The Kier molecular flexibility index (Phi) is 3.82. The van der Waals surface area contributed by atoms with Gasteiger partial charge in [-0.25, -0.2) is 12.8 Å². The van der Waals surface area contributed by atoms with E-state index in [1.54, 1.807) is 0 Å². The van der Waals surface area contributed by atoms with Crippen LogP contribution in [0.5, 0.6) is 0 Å². The Morgan fingerprint density at radius 3 is 2.37 bits per heavy atom. The van der Waals surface area contributed by atoms with Gasteiger partial charge in [-0.3, -0.25) is 0 Å². The van der Waals surface area contributed by atoms with Crippen molar-refractivity contribution >= 4 is 15.7 Å². The number of hydrogen-bond acceptors (Lipinski definition) is 3. The molecule has 4 nitrogen and oxygen atoms in total. The number of nitrogens with zero attached hydrogens (tertiary/aromatic N) is 1. The fourth-order valence-corrected chi connectivity index (χ4v) is 4.35. The van der Waals surface area contributed by atoms with Gasteiger partial charge >= 0.3 is 0 Å². The predicted molar refractivity (Wildman–Crippen MR) is 72.5 cm³/mol. The van der Waals surface area contributed by atoms with Crippen molar-refractivity contribution in [2.24, 2.45) is 11.8 Å². The molecule has 1 aromatic carbocycles. The first-order valence-electron chi connectivity index (χ1n) is 6.36. The second-order valence-electron chi connectivity index (χ2n) is 5.45. The van der Waals surface area contributed by atoms with Crippen molar-refractivity contribution in [1.82, 2.24) is 4.31 Å². The number of nitrogen functional groups attached to an aromatic ring is 1. The topological polar surface area (TPSA) is 63.4 Å². The van der Waals surface area contributed by atoms with Crippen LogP contribution >= 0.6 is 0 Å². The number of piperidine rings is 1. The van der Waals surface area contributed by atoms with E-state index >= 15 is 0 Å². The molecule has 0 aromatic heterocycles. The highest BCUT2D eigenvalue weighted by Gasteiger charge is 2.31. The molecule has 2 rings (SSSR count). The van der Waals surface area contributed by atoms with E-state index in [-0.39, 0.29) is 10.6 Å². The van der Waals surface area contributed by atoms with E-state index in [1.165, 1.54) is 16.4 Å². The molecule has 1 aliphatic heterocycles. The molecular formula is C13H19FN2O2S. The normalized spacial score (nSPS) is 25.4. The standard InChI is InChI=1S/C13H19FN2O2S/c1-9-5-10(2)8-16(7-9)19(17,18)11-3-4-12(14)13(15)6-11/h3-4,6,9-10H,5,7-8,15H2,1-2H3. The third-order valence-corrected chi connectivity index (χ3v) is 5.27. The van der Waals surface area contributed by atoms with Gasteiger partial charge in [0.2, 0.25) is 10.0 Å². The summed E-state index contributed by atoms with van der Waals surface area (Å²) in [7, 11) is -3.58. The molecule has 6 heteroatoms. The highest BCUT2D eigenvalue weighted by molar-refractivity contribution is 7.89. The number of nitrogens with two attached hydrogens (primary N) is 1. The Hall–Kier alpha value is -1.14. The average Bonchev–Trinajstić information content (AvgIpc) is 2.31. The maximum atomic E-state index is 13.1. The lowest BCUT2D eigenvalue weighted by molar-refractivity contribution is 0.222. The summed E-state index contributed by atoms with van der Waals surface area (Å²) in [6, 6.07) is 3.55. The van der Waals surface area contributed by atoms with Gasteiger partial charge in [-0.1, -0.05) is 13.8 Å². The molecule has 2 unspecified atom stereocenters. The van der Waals surface area contributed by atoms with Gasteiger partial charge in [0.15, 0.2) is 0 Å². The van der Waals surface area contributed by atoms with Crippen LogP contribution in [-0.2, 0) is 10.0 Å². The minimum Gasteiger partial charge on any atom is -0.396 e. The van der Waals surface area contributed by atoms with E-state index in [0.29, 0.717) is 24.9 Å². The lowest BCUT2D eigenvalue weighted by Crippen LogP contribution is -2.42. The number of benzene rings is 1. The Morgan fingerprint density at radius 1 is 1.26 bits per heavy atom. The van der Waals surface area contributed by atoms with E-state index in [9.17, 15) is 12.8 Å². The third kappa shape index (κ3) is 2.90. The Balaban J connectivity index is 2.33. The lowest BCUT2D eigenvalue weighted by Gasteiger charge is -2.34. The average molecular weight is 286 g/mol. The van der Waals surface area contributed by atoms with E-state index in [2.05, 4.69) is 0 Å². The molecule has 1 aliphatic rings. The summed E-state index contributed by atoms with van der Waals surface area (Å²) in [5, 5.41) is 0. The second kappa shape index (κ2) is 5.09. The summed E-state index contributed by atoms with van der Waals surface area (Å²) in [6.45, 7) is 5.09. The largest absolute Gasteiger partial charge is 0.396 e. The first-order chi connectivity index (χ1) is 8.80. The maximum absolute atomic E-state index is 13.1. The summed E-state index contributed by atoms with van der Waals surface area (Å²) in [4.78, 5) is 0.0627. The lowest BCUT2D eigenvalue weighted by atomic mass is 9.94. The molecule has 0 aliphatic carbocycles. The van der Waals surface area contributed by atoms with Gasteiger partial charge in [-0.05, 0) is 36.5 Å². The van der Waals surface area contributed by atoms with Gasteiger partial charge < -0.3 is 5.73 Å². The minimum atomic E-state index is -3.58. The fraction of sp³-hybridized carbons (Fsp3) is 0.538. The van der Waals surface area contributed by atoms with E-state index in [0.717, 1.165) is 12.5 Å². The predicted octanol–water partition coefficient (Wildman–Crippen LogP) is 2.07. The van der Waals surface area contributed by atoms with Crippen LogP contribution in [0.1, 0.15) is 20.3 Å². The summed E-state index contributed by atoms with van der Waals surface area (Å²) < 4.78 is 39.6. The number of anilines is 1. The molecule has 2 N–H and O–H groups in total. The molecule has 1 fully saturated rings. The maximum Gasteiger partial charge on any atom is 0.243 e. The van der Waals surface area contributed by atoms with Gasteiger partial charge in [-0.2, -0.15) is 4.31 Å². The molecule has 19 heavy (non-hydrogen) atoms. The Labute approximate surface area is 113 Å². The van der Waals surface area contributed by atoms with Crippen molar-refractivity contribution in [3.63, 3.8) is 0 Å².